The van der Waals surface area contributed by atoms with Gasteiger partial charge in [-0.1, -0.05) is 11.8 Å². The summed E-state index contributed by atoms with van der Waals surface area (Å²) >= 11 is 2.80. The van der Waals surface area contributed by atoms with Crippen molar-refractivity contribution < 1.29 is 24.2 Å². The Labute approximate surface area is 178 Å². The van der Waals surface area contributed by atoms with Gasteiger partial charge >= 0.3 is 12.1 Å². The van der Waals surface area contributed by atoms with Crippen LogP contribution in [0.1, 0.15) is 30.3 Å². The van der Waals surface area contributed by atoms with Gasteiger partial charge in [0.1, 0.15) is 0 Å². The molecule has 2 aliphatic heterocycles. The van der Waals surface area contributed by atoms with Crippen molar-refractivity contribution in [1.29, 1.82) is 0 Å². The Morgan fingerprint density at radius 2 is 2.10 bits per heavy atom. The van der Waals surface area contributed by atoms with E-state index in [1.54, 1.807) is 11.8 Å². The molecule has 0 radical (unpaired) electrons. The smallest absolute Gasteiger partial charge is 0.409 e. The molecule has 1 aromatic rings. The number of piperazine rings is 1. The second kappa shape index (κ2) is 10.3. The summed E-state index contributed by atoms with van der Waals surface area (Å²) < 4.78 is 5.76. The molecule has 0 aromatic carbocycles. The van der Waals surface area contributed by atoms with Crippen LogP contribution in [0, 0.1) is 0 Å². The molecule has 0 bridgehead atoms. The summed E-state index contributed by atoms with van der Waals surface area (Å²) in [6.07, 6.45) is 1.16. The molecule has 9 nitrogen and oxygen atoms in total. The maximum Gasteiger partial charge on any atom is 0.409 e. The summed E-state index contributed by atoms with van der Waals surface area (Å²) in [7, 11) is 0. The lowest BCUT2D eigenvalue weighted by molar-refractivity contribution is -0.128. The quantitative estimate of drug-likeness (QED) is 0.607. The maximum atomic E-state index is 12.3. The van der Waals surface area contributed by atoms with E-state index in [2.05, 4.69) is 9.88 Å². The molecule has 0 aliphatic carbocycles. The van der Waals surface area contributed by atoms with Gasteiger partial charge in [0.15, 0.2) is 10.0 Å². The minimum atomic E-state index is -1.02. The van der Waals surface area contributed by atoms with Crippen molar-refractivity contribution in [1.82, 2.24) is 19.7 Å². The van der Waals surface area contributed by atoms with Crippen molar-refractivity contribution in [2.75, 3.05) is 51.6 Å². The third kappa shape index (κ3) is 5.83. The van der Waals surface area contributed by atoms with Crippen molar-refractivity contribution in [2.45, 2.75) is 30.1 Å². The lowest BCUT2D eigenvalue weighted by Gasteiger charge is -2.37. The highest BCUT2D eigenvalue weighted by atomic mass is 32.2. The zero-order valence-corrected chi connectivity index (χ0v) is 18.0. The number of likely N-dealkylation sites (tertiary alicyclic amines) is 1. The first-order chi connectivity index (χ1) is 14.0. The van der Waals surface area contributed by atoms with Crippen LogP contribution < -0.4 is 0 Å². The highest BCUT2D eigenvalue weighted by Gasteiger charge is 2.33. The number of aromatic nitrogens is 1. The van der Waals surface area contributed by atoms with Crippen LogP contribution in [-0.4, -0.2) is 100 Å². The second-order valence-electron chi connectivity index (χ2n) is 6.92. The number of aromatic carboxylic acids is 1. The number of thioether (sulfide) groups is 1. The van der Waals surface area contributed by atoms with E-state index in [4.69, 9.17) is 9.84 Å². The molecule has 0 saturated carbocycles. The van der Waals surface area contributed by atoms with E-state index in [1.807, 2.05) is 4.90 Å². The van der Waals surface area contributed by atoms with Crippen LogP contribution in [-0.2, 0) is 9.53 Å². The third-order valence-electron chi connectivity index (χ3n) is 5.08. The Balaban J connectivity index is 1.44. The van der Waals surface area contributed by atoms with Crippen LogP contribution in [0.15, 0.2) is 9.72 Å². The predicted molar refractivity (Wildman–Crippen MR) is 110 cm³/mol. The van der Waals surface area contributed by atoms with Crippen LogP contribution in [0.3, 0.4) is 0 Å². The Morgan fingerprint density at radius 1 is 1.34 bits per heavy atom. The topological polar surface area (TPSA) is 103 Å². The standard InChI is InChI=1S/C18H26N4O5S2/c1-2-27-18(26)21-7-5-20(6-8-21)11-13-3-4-15(23)22(13)9-10-28-17-19-14(12-29-17)16(24)25/h12-13H,2-11H2,1H3,(H,24,25). The Morgan fingerprint density at radius 3 is 2.76 bits per heavy atom. The molecule has 160 valence electrons. The molecule has 2 aliphatic rings. The minimum Gasteiger partial charge on any atom is -0.476 e. The number of carbonyl (C=O) groups excluding carboxylic acids is 2. The molecule has 11 heteroatoms. The van der Waals surface area contributed by atoms with Crippen molar-refractivity contribution in [2.24, 2.45) is 0 Å². The van der Waals surface area contributed by atoms with Crippen molar-refractivity contribution in [3.63, 3.8) is 0 Å². The molecule has 2 fully saturated rings. The fourth-order valence-electron chi connectivity index (χ4n) is 3.57. The first-order valence-corrected chi connectivity index (χ1v) is 11.6. The molecule has 1 aromatic heterocycles. The number of rotatable bonds is 8. The van der Waals surface area contributed by atoms with Crippen molar-refractivity contribution >= 4 is 41.1 Å². The molecule has 0 spiro atoms. The van der Waals surface area contributed by atoms with Gasteiger partial charge in [0.2, 0.25) is 5.91 Å². The molecule has 3 heterocycles. The fraction of sp³-hybridized carbons (Fsp3) is 0.667. The van der Waals surface area contributed by atoms with E-state index in [1.165, 1.54) is 28.5 Å². The molecule has 1 unspecified atom stereocenters. The van der Waals surface area contributed by atoms with Crippen molar-refractivity contribution in [3.05, 3.63) is 11.1 Å². The van der Waals surface area contributed by atoms with Crippen LogP contribution in [0.2, 0.25) is 0 Å². The monoisotopic (exact) mass is 442 g/mol. The van der Waals surface area contributed by atoms with Crippen molar-refractivity contribution in [3.8, 4) is 0 Å². The van der Waals surface area contributed by atoms with E-state index >= 15 is 0 Å². The van der Waals surface area contributed by atoms with E-state index in [0.29, 0.717) is 42.8 Å². The van der Waals surface area contributed by atoms with Gasteiger partial charge in [-0.05, 0) is 13.3 Å². The fourth-order valence-corrected chi connectivity index (χ4v) is 5.38. The molecule has 29 heavy (non-hydrogen) atoms. The van der Waals surface area contributed by atoms with Gasteiger partial charge in [-0.3, -0.25) is 9.69 Å². The van der Waals surface area contributed by atoms with E-state index < -0.39 is 5.97 Å². The number of carbonyl (C=O) groups is 3. The Bertz CT molecular complexity index is 736. The van der Waals surface area contributed by atoms with Crippen LogP contribution in [0.25, 0.3) is 0 Å². The number of carboxylic acid groups (broad SMARTS) is 1. The molecule has 2 saturated heterocycles. The predicted octanol–water partition coefficient (Wildman–Crippen LogP) is 1.70. The number of hydrogen-bond donors (Lipinski definition) is 1. The number of thiazole rings is 1. The summed E-state index contributed by atoms with van der Waals surface area (Å²) in [4.78, 5) is 45.1. The zero-order chi connectivity index (χ0) is 20.8. The van der Waals surface area contributed by atoms with Gasteiger partial charge in [0.05, 0.1) is 6.61 Å². The highest BCUT2D eigenvalue weighted by Crippen LogP contribution is 2.25. The van der Waals surface area contributed by atoms with Crippen LogP contribution in [0.5, 0.6) is 0 Å². The molecule has 1 N–H and O–H groups in total. The summed E-state index contributed by atoms with van der Waals surface area (Å²) in [5, 5.41) is 10.5. The van der Waals surface area contributed by atoms with Crippen LogP contribution >= 0.6 is 23.1 Å². The number of ether oxygens (including phenoxy) is 1. The Hall–Kier alpha value is -1.85. The lowest BCUT2D eigenvalue weighted by Crippen LogP contribution is -2.52. The van der Waals surface area contributed by atoms with E-state index in [0.717, 1.165) is 26.1 Å². The average Bonchev–Trinajstić information content (AvgIpc) is 3.31. The normalized spacial score (nSPS) is 20.3. The minimum absolute atomic E-state index is 0.0644. The van der Waals surface area contributed by atoms with Gasteiger partial charge in [-0.15, -0.1) is 11.3 Å². The largest absolute Gasteiger partial charge is 0.476 e. The molecular formula is C18H26N4O5S2. The van der Waals surface area contributed by atoms with Gasteiger partial charge < -0.3 is 19.6 Å². The first-order valence-electron chi connectivity index (χ1n) is 9.73. The SMILES string of the molecule is CCOC(=O)N1CCN(CC2CCC(=O)N2CCSc2nc(C(=O)O)cs2)CC1. The Kier molecular flexibility index (Phi) is 7.73. The zero-order valence-electron chi connectivity index (χ0n) is 16.4. The average molecular weight is 443 g/mol. The van der Waals surface area contributed by atoms with Gasteiger partial charge in [0, 0.05) is 62.9 Å². The number of amides is 2. The summed E-state index contributed by atoms with van der Waals surface area (Å²) in [6.45, 7) is 6.47. The lowest BCUT2D eigenvalue weighted by atomic mass is 10.2. The van der Waals surface area contributed by atoms with Gasteiger partial charge in [-0.25, -0.2) is 14.6 Å². The molecule has 3 rings (SSSR count). The highest BCUT2D eigenvalue weighted by molar-refractivity contribution is 8.01. The number of hydrogen-bond acceptors (Lipinski definition) is 8. The van der Waals surface area contributed by atoms with E-state index in [9.17, 15) is 14.4 Å². The summed E-state index contributed by atoms with van der Waals surface area (Å²) in [5.41, 5.74) is 0.0644. The first kappa shape index (κ1) is 21.8. The third-order valence-corrected chi connectivity index (χ3v) is 7.08. The number of carboxylic acids is 1. The maximum absolute atomic E-state index is 12.3. The second-order valence-corrected chi connectivity index (χ2v) is 9.12. The molecular weight excluding hydrogens is 416 g/mol. The summed E-state index contributed by atoms with van der Waals surface area (Å²) in [5.74, 6) is -0.164. The van der Waals surface area contributed by atoms with Gasteiger partial charge in [-0.2, -0.15) is 0 Å². The van der Waals surface area contributed by atoms with Gasteiger partial charge in [0.25, 0.3) is 0 Å². The van der Waals surface area contributed by atoms with Crippen LogP contribution in [0.4, 0.5) is 4.79 Å². The van der Waals surface area contributed by atoms with E-state index in [-0.39, 0.29) is 23.7 Å². The molecule has 2 amide bonds. The summed E-state index contributed by atoms with van der Waals surface area (Å²) in [6, 6.07) is 0.183. The number of nitrogens with zero attached hydrogens (tertiary/aromatic N) is 4. The molecule has 1 atom stereocenters.